The molecule has 1 aliphatic rings. The van der Waals surface area contributed by atoms with Crippen LogP contribution < -0.4 is 4.74 Å². The monoisotopic (exact) mass is 961 g/mol. The van der Waals surface area contributed by atoms with Crippen molar-refractivity contribution in [2.45, 2.75) is 149 Å². The average Bonchev–Trinajstić information content (AvgIpc) is 3.13. The van der Waals surface area contributed by atoms with Crippen molar-refractivity contribution in [1.29, 1.82) is 0 Å². The largest absolute Gasteiger partial charge is 0.512 e. The van der Waals surface area contributed by atoms with Crippen molar-refractivity contribution >= 4 is 38.1 Å². The number of pyridine rings is 1. The maximum Gasteiger partial charge on any atom is 0.164 e. The number of fused-ring (bicyclic) bond motifs is 5. The van der Waals surface area contributed by atoms with Gasteiger partial charge in [-0.1, -0.05) is 151 Å². The van der Waals surface area contributed by atoms with Gasteiger partial charge in [-0.3, -0.25) is 9.78 Å². The summed E-state index contributed by atoms with van der Waals surface area (Å²) in [7, 11) is 0. The van der Waals surface area contributed by atoms with Crippen LogP contribution in [0, 0.1) is 33.1 Å². The minimum atomic E-state index is -0.337. The summed E-state index contributed by atoms with van der Waals surface area (Å²) in [5.74, 6) is 2.12. The number of nitrogens with zero attached hydrogens (tertiary/aromatic N) is 1. The molecule has 315 valence electrons. The summed E-state index contributed by atoms with van der Waals surface area (Å²) in [5.41, 5.74) is 5.89. The Morgan fingerprint density at radius 3 is 1.86 bits per heavy atom. The van der Waals surface area contributed by atoms with Gasteiger partial charge < -0.3 is 9.84 Å². The van der Waals surface area contributed by atoms with Crippen LogP contribution in [0.1, 0.15) is 146 Å². The van der Waals surface area contributed by atoms with E-state index in [-0.39, 0.29) is 58.7 Å². The van der Waals surface area contributed by atoms with E-state index in [2.05, 4.69) is 117 Å². The maximum atomic E-state index is 12.2. The maximum absolute atomic E-state index is 12.2. The molecule has 1 radical (unpaired) electrons. The van der Waals surface area contributed by atoms with Crippen LogP contribution in [0.15, 0.2) is 66.6 Å². The topological polar surface area (TPSA) is 59.4 Å². The van der Waals surface area contributed by atoms with Crippen molar-refractivity contribution in [3.05, 3.63) is 89.3 Å². The molecule has 5 aromatic rings. The molecule has 1 aromatic heterocycles. The van der Waals surface area contributed by atoms with E-state index in [1.54, 1.807) is 0 Å². The van der Waals surface area contributed by atoms with Crippen LogP contribution in [0.2, 0.25) is 0 Å². The van der Waals surface area contributed by atoms with E-state index >= 15 is 0 Å². The predicted octanol–water partition coefficient (Wildman–Crippen LogP) is 15.5. The molecule has 1 aliphatic heterocycles. The zero-order chi connectivity index (χ0) is 42.3. The standard InChI is InChI=1S/C38H42NO.C15H28O2.Ir/c1-36(2,3)20-23-16-25(21-37(4,5)6)28-19-32-33-27(29(28)17-23)14-15-39-34(33)30-18-24-12-10-11-13-26(24)31(35(30)40-32)22-38(7,8)9;1-7-14(5,8-2)12(16)11-13(17)15(6,9-3)10-4;/h10-17,19H,20-22H2,1-9H3;11,16H,7-10H2,1-6H3;/q-1;;/b;12-11-;. The Morgan fingerprint density at radius 1 is 0.707 bits per heavy atom. The van der Waals surface area contributed by atoms with Crippen LogP contribution in [0.4, 0.5) is 0 Å². The third-order valence-electron chi connectivity index (χ3n) is 12.3. The van der Waals surface area contributed by atoms with Gasteiger partial charge in [0.25, 0.3) is 0 Å². The van der Waals surface area contributed by atoms with Crippen molar-refractivity contribution in [3.8, 4) is 22.8 Å². The molecule has 2 heterocycles. The Kier molecular flexibility index (Phi) is 14.3. The first-order valence-electron chi connectivity index (χ1n) is 21.4. The summed E-state index contributed by atoms with van der Waals surface area (Å²) in [5, 5.41) is 17.4. The second-order valence-electron chi connectivity index (χ2n) is 20.9. The van der Waals surface area contributed by atoms with Crippen molar-refractivity contribution < 1.29 is 34.7 Å². The summed E-state index contributed by atoms with van der Waals surface area (Å²) < 4.78 is 6.97. The predicted molar refractivity (Wildman–Crippen MR) is 244 cm³/mol. The molecule has 0 atom stereocenters. The number of ether oxygens (including phenoxy) is 1. The molecule has 0 saturated heterocycles. The fourth-order valence-corrected chi connectivity index (χ4v) is 8.11. The number of hydrogen-bond acceptors (Lipinski definition) is 4. The van der Waals surface area contributed by atoms with Gasteiger partial charge in [0.15, 0.2) is 5.78 Å². The van der Waals surface area contributed by atoms with Gasteiger partial charge in [-0.2, -0.15) is 0 Å². The SMILES string of the molecule is CC(C)(C)Cc1cc(CC(C)(C)C)c2cc3c4c(nccc4c2c1)-c1[c-]c2ccccc2c(CC(C)(C)C)c1O3.CCC(C)(CC)C(=O)/C=C(\O)C(C)(CC)CC.[Ir]. The first-order valence-corrected chi connectivity index (χ1v) is 21.4. The van der Waals surface area contributed by atoms with Crippen LogP contribution in [-0.2, 0) is 44.2 Å². The quantitative estimate of drug-likeness (QED) is 0.0643. The molecule has 1 N–H and O–H groups in total. The summed E-state index contributed by atoms with van der Waals surface area (Å²) in [6.07, 6.45) is 9.69. The third kappa shape index (κ3) is 10.2. The molecule has 0 spiro atoms. The number of ketones is 1. The number of benzene rings is 4. The third-order valence-corrected chi connectivity index (χ3v) is 12.3. The van der Waals surface area contributed by atoms with Crippen LogP contribution in [0.3, 0.4) is 0 Å². The van der Waals surface area contributed by atoms with E-state index in [0.29, 0.717) is 0 Å². The van der Waals surface area contributed by atoms with E-state index in [1.807, 2.05) is 47.7 Å². The minimum absolute atomic E-state index is 0. The van der Waals surface area contributed by atoms with Gasteiger partial charge in [-0.05, 0) is 101 Å². The van der Waals surface area contributed by atoms with E-state index in [9.17, 15) is 9.90 Å². The van der Waals surface area contributed by atoms with Gasteiger partial charge in [0.2, 0.25) is 0 Å². The molecule has 4 aromatic carbocycles. The molecule has 0 aliphatic carbocycles. The summed E-state index contributed by atoms with van der Waals surface area (Å²) in [4.78, 5) is 17.2. The van der Waals surface area contributed by atoms with Crippen LogP contribution >= 0.6 is 0 Å². The first-order chi connectivity index (χ1) is 26.5. The fourth-order valence-electron chi connectivity index (χ4n) is 8.11. The molecular formula is C53H70IrNO3-. The second-order valence-corrected chi connectivity index (χ2v) is 20.9. The number of aliphatic hydroxyl groups is 1. The molecule has 5 heteroatoms. The average molecular weight is 961 g/mol. The van der Waals surface area contributed by atoms with Crippen molar-refractivity contribution in [3.63, 3.8) is 0 Å². The van der Waals surface area contributed by atoms with Crippen molar-refractivity contribution in [2.24, 2.45) is 27.1 Å². The summed E-state index contributed by atoms with van der Waals surface area (Å²) in [6.45, 7) is 32.9. The van der Waals surface area contributed by atoms with Crippen LogP contribution in [0.5, 0.6) is 11.5 Å². The van der Waals surface area contributed by atoms with Gasteiger partial charge in [0.05, 0.1) is 5.75 Å². The van der Waals surface area contributed by atoms with E-state index in [1.165, 1.54) is 44.3 Å². The molecule has 0 fully saturated rings. The zero-order valence-corrected chi connectivity index (χ0v) is 40.7. The number of aliphatic hydroxyl groups excluding tert-OH is 1. The smallest absolute Gasteiger partial charge is 0.164 e. The number of allylic oxidation sites excluding steroid dienone is 2. The van der Waals surface area contributed by atoms with Crippen LogP contribution in [0.25, 0.3) is 43.6 Å². The Labute approximate surface area is 364 Å². The Bertz CT molecular complexity index is 2300. The van der Waals surface area contributed by atoms with Gasteiger partial charge >= 0.3 is 0 Å². The molecule has 6 rings (SSSR count). The number of carbonyl (C=O) groups is 1. The van der Waals surface area contributed by atoms with Gasteiger partial charge in [0, 0.05) is 54.3 Å². The fraction of sp³-hybridized carbons (Fsp3) is 0.509. The molecule has 58 heavy (non-hydrogen) atoms. The summed E-state index contributed by atoms with van der Waals surface area (Å²) >= 11 is 0. The van der Waals surface area contributed by atoms with E-state index < -0.39 is 0 Å². The number of carbonyl (C=O) groups excluding carboxylic acids is 1. The van der Waals surface area contributed by atoms with Crippen molar-refractivity contribution in [2.75, 3.05) is 0 Å². The molecular weight excluding hydrogens is 891 g/mol. The molecule has 4 nitrogen and oxygen atoms in total. The zero-order valence-electron chi connectivity index (χ0n) is 38.3. The molecule has 0 unspecified atom stereocenters. The van der Waals surface area contributed by atoms with Crippen molar-refractivity contribution in [1.82, 2.24) is 4.98 Å². The van der Waals surface area contributed by atoms with Gasteiger partial charge in [-0.15, -0.1) is 17.5 Å². The molecule has 0 amide bonds. The van der Waals surface area contributed by atoms with E-state index in [4.69, 9.17) is 9.72 Å². The number of rotatable bonds is 10. The first kappa shape index (κ1) is 47.2. The second kappa shape index (κ2) is 17.6. The number of aromatic nitrogens is 1. The Morgan fingerprint density at radius 2 is 1.29 bits per heavy atom. The van der Waals surface area contributed by atoms with Gasteiger partial charge in [-0.25, -0.2) is 0 Å². The van der Waals surface area contributed by atoms with Crippen LogP contribution in [-0.4, -0.2) is 15.9 Å². The molecule has 0 bridgehead atoms. The van der Waals surface area contributed by atoms with E-state index in [0.717, 1.165) is 78.5 Å². The minimum Gasteiger partial charge on any atom is -0.512 e. The summed E-state index contributed by atoms with van der Waals surface area (Å²) in [6, 6.07) is 21.6. The Hall–Kier alpha value is -3.53. The molecule has 0 saturated carbocycles. The normalized spacial score (nSPS) is 13.5. The Balaban J connectivity index is 0.000000353. The van der Waals surface area contributed by atoms with Gasteiger partial charge in [0.1, 0.15) is 11.5 Å². The number of hydrogen-bond donors (Lipinski definition) is 1.